The summed E-state index contributed by atoms with van der Waals surface area (Å²) in [4.78, 5) is 25.2. The molecule has 3 aromatic carbocycles. The van der Waals surface area contributed by atoms with E-state index in [0.717, 1.165) is 20.2 Å². The van der Waals surface area contributed by atoms with Gasteiger partial charge in [-0.15, -0.1) is 0 Å². The lowest BCUT2D eigenvalue weighted by Crippen LogP contribution is -2.40. The van der Waals surface area contributed by atoms with Crippen molar-refractivity contribution in [3.63, 3.8) is 0 Å². The van der Waals surface area contributed by atoms with Gasteiger partial charge in [0.15, 0.2) is 4.90 Å². The average Bonchev–Trinajstić information content (AvgIpc) is 2.78. The van der Waals surface area contributed by atoms with Crippen molar-refractivity contribution in [2.75, 3.05) is 4.72 Å². The SMILES string of the molecule is Cn1cc(S(=O)(=O)Nc2cc(Sc3ccccc3)c(O)c3ccccc23)c(=O)n(C)c1=O. The number of phenols is 1. The lowest BCUT2D eigenvalue weighted by molar-refractivity contribution is 0.469. The van der Waals surface area contributed by atoms with E-state index >= 15 is 0 Å². The van der Waals surface area contributed by atoms with Gasteiger partial charge in [-0.25, -0.2) is 13.2 Å². The zero-order chi connectivity index (χ0) is 23.0. The van der Waals surface area contributed by atoms with E-state index in [1.54, 1.807) is 24.3 Å². The number of aryl methyl sites for hydroxylation is 1. The minimum atomic E-state index is -4.33. The number of hydrogen-bond donors (Lipinski definition) is 2. The summed E-state index contributed by atoms with van der Waals surface area (Å²) in [5.74, 6) is 0.0235. The molecule has 0 saturated carbocycles. The Bertz CT molecular complexity index is 1560. The number of nitrogens with zero attached hydrogens (tertiary/aromatic N) is 2. The third kappa shape index (κ3) is 3.90. The fourth-order valence-electron chi connectivity index (χ4n) is 3.27. The van der Waals surface area contributed by atoms with Gasteiger partial charge in [0, 0.05) is 36.0 Å². The molecule has 32 heavy (non-hydrogen) atoms. The Labute approximate surface area is 187 Å². The van der Waals surface area contributed by atoms with Gasteiger partial charge in [-0.1, -0.05) is 54.2 Å². The predicted octanol–water partition coefficient (Wildman–Crippen LogP) is 2.89. The molecule has 0 bridgehead atoms. The number of phenolic OH excluding ortho intramolecular Hbond substituents is 1. The monoisotopic (exact) mass is 469 g/mol. The molecule has 4 aromatic rings. The molecule has 0 aliphatic heterocycles. The highest BCUT2D eigenvalue weighted by Crippen LogP contribution is 2.42. The van der Waals surface area contributed by atoms with Gasteiger partial charge in [0.05, 0.1) is 10.6 Å². The van der Waals surface area contributed by atoms with Crippen LogP contribution in [0.2, 0.25) is 0 Å². The van der Waals surface area contributed by atoms with Crippen molar-refractivity contribution in [3.8, 4) is 5.75 Å². The Kier molecular flexibility index (Phi) is 5.57. The molecule has 0 aliphatic rings. The number of fused-ring (bicyclic) bond motifs is 1. The predicted molar refractivity (Wildman–Crippen MR) is 124 cm³/mol. The second-order valence-corrected chi connectivity index (χ2v) is 9.85. The van der Waals surface area contributed by atoms with Crippen molar-refractivity contribution in [2.24, 2.45) is 14.1 Å². The largest absolute Gasteiger partial charge is 0.506 e. The van der Waals surface area contributed by atoms with Crippen LogP contribution in [-0.2, 0) is 24.1 Å². The zero-order valence-corrected chi connectivity index (χ0v) is 18.8. The summed E-state index contributed by atoms with van der Waals surface area (Å²) in [6.07, 6.45) is 0.995. The second kappa shape index (κ2) is 8.21. The fraction of sp³-hybridized carbons (Fsp3) is 0.0909. The number of aromatic nitrogens is 2. The van der Waals surface area contributed by atoms with Gasteiger partial charge in [0.25, 0.3) is 15.6 Å². The molecule has 164 valence electrons. The van der Waals surface area contributed by atoms with Crippen LogP contribution < -0.4 is 16.0 Å². The first-order valence-electron chi connectivity index (χ1n) is 9.46. The standard InChI is InChI=1S/C22H19N3O5S2/c1-24-13-19(21(27)25(2)22(24)28)32(29,30)23-17-12-18(31-14-8-4-3-5-9-14)20(26)16-11-7-6-10-15(16)17/h3-13,23,26H,1-2H3. The molecule has 0 fully saturated rings. The summed E-state index contributed by atoms with van der Waals surface area (Å²) in [5, 5.41) is 11.7. The van der Waals surface area contributed by atoms with Gasteiger partial charge < -0.3 is 9.67 Å². The minimum Gasteiger partial charge on any atom is -0.506 e. The Balaban J connectivity index is 1.87. The van der Waals surface area contributed by atoms with E-state index in [2.05, 4.69) is 4.72 Å². The maximum Gasteiger partial charge on any atom is 0.330 e. The normalized spacial score (nSPS) is 11.6. The Morgan fingerprint density at radius 3 is 2.25 bits per heavy atom. The first-order valence-corrected chi connectivity index (χ1v) is 11.8. The van der Waals surface area contributed by atoms with E-state index in [1.165, 1.54) is 31.9 Å². The van der Waals surface area contributed by atoms with Crippen molar-refractivity contribution < 1.29 is 13.5 Å². The van der Waals surface area contributed by atoms with Crippen LogP contribution in [0.5, 0.6) is 5.75 Å². The summed E-state index contributed by atoms with van der Waals surface area (Å²) >= 11 is 1.28. The zero-order valence-electron chi connectivity index (χ0n) is 17.1. The highest BCUT2D eigenvalue weighted by Gasteiger charge is 2.23. The smallest absolute Gasteiger partial charge is 0.330 e. The van der Waals surface area contributed by atoms with Crippen LogP contribution in [0.15, 0.2) is 91.1 Å². The van der Waals surface area contributed by atoms with Crippen LogP contribution in [0.25, 0.3) is 10.8 Å². The van der Waals surface area contributed by atoms with Crippen molar-refractivity contribution in [3.05, 3.63) is 87.7 Å². The first kappa shape index (κ1) is 21.7. The van der Waals surface area contributed by atoms with Crippen LogP contribution in [0.3, 0.4) is 0 Å². The van der Waals surface area contributed by atoms with Gasteiger partial charge in [-0.3, -0.25) is 14.1 Å². The maximum absolute atomic E-state index is 13.1. The second-order valence-electron chi connectivity index (χ2n) is 7.09. The molecule has 4 rings (SSSR count). The van der Waals surface area contributed by atoms with E-state index in [-0.39, 0.29) is 11.4 Å². The summed E-state index contributed by atoms with van der Waals surface area (Å²) < 4.78 is 30.5. The Hall–Kier alpha value is -3.50. The maximum atomic E-state index is 13.1. The molecule has 0 saturated heterocycles. The third-order valence-electron chi connectivity index (χ3n) is 4.90. The van der Waals surface area contributed by atoms with Crippen molar-refractivity contribution in [1.82, 2.24) is 9.13 Å². The van der Waals surface area contributed by atoms with E-state index in [4.69, 9.17) is 0 Å². The molecule has 0 atom stereocenters. The molecule has 10 heteroatoms. The molecular formula is C22H19N3O5S2. The van der Waals surface area contributed by atoms with Gasteiger partial charge in [-0.2, -0.15) is 0 Å². The van der Waals surface area contributed by atoms with Crippen LogP contribution in [0, 0.1) is 0 Å². The molecule has 1 aromatic heterocycles. The molecule has 8 nitrogen and oxygen atoms in total. The topological polar surface area (TPSA) is 110 Å². The lowest BCUT2D eigenvalue weighted by Gasteiger charge is -2.15. The van der Waals surface area contributed by atoms with Gasteiger partial charge in [-0.05, 0) is 18.2 Å². The average molecular weight is 470 g/mol. The lowest BCUT2D eigenvalue weighted by atomic mass is 10.1. The van der Waals surface area contributed by atoms with Crippen molar-refractivity contribution in [2.45, 2.75) is 14.7 Å². The van der Waals surface area contributed by atoms with Crippen LogP contribution in [-0.4, -0.2) is 22.7 Å². The molecule has 0 radical (unpaired) electrons. The molecule has 0 unspecified atom stereocenters. The molecule has 0 spiro atoms. The first-order chi connectivity index (χ1) is 15.2. The molecular weight excluding hydrogens is 450 g/mol. The number of anilines is 1. The number of sulfonamides is 1. The quantitative estimate of drug-likeness (QED) is 0.435. The van der Waals surface area contributed by atoms with Gasteiger partial charge in [0.1, 0.15) is 5.75 Å². The van der Waals surface area contributed by atoms with Crippen molar-refractivity contribution in [1.29, 1.82) is 0 Å². The highest BCUT2D eigenvalue weighted by molar-refractivity contribution is 7.99. The Morgan fingerprint density at radius 2 is 1.56 bits per heavy atom. The number of nitrogens with one attached hydrogen (secondary N) is 1. The van der Waals surface area contributed by atoms with Gasteiger partial charge >= 0.3 is 5.69 Å². The summed E-state index contributed by atoms with van der Waals surface area (Å²) in [7, 11) is -1.75. The molecule has 2 N–H and O–H groups in total. The molecule has 1 heterocycles. The molecule has 0 aliphatic carbocycles. The number of rotatable bonds is 5. The van der Waals surface area contributed by atoms with E-state index in [9.17, 15) is 23.1 Å². The fourth-order valence-corrected chi connectivity index (χ4v) is 5.43. The van der Waals surface area contributed by atoms with Crippen LogP contribution in [0.1, 0.15) is 0 Å². The van der Waals surface area contributed by atoms with Crippen LogP contribution >= 0.6 is 11.8 Å². The Morgan fingerprint density at radius 1 is 0.938 bits per heavy atom. The molecule has 0 amide bonds. The van der Waals surface area contributed by atoms with Crippen molar-refractivity contribution >= 4 is 38.2 Å². The number of hydrogen-bond acceptors (Lipinski definition) is 6. The summed E-state index contributed by atoms with van der Waals surface area (Å²) in [6, 6.07) is 17.7. The number of aromatic hydroxyl groups is 1. The van der Waals surface area contributed by atoms with Gasteiger partial charge in [0.2, 0.25) is 0 Å². The van der Waals surface area contributed by atoms with E-state index < -0.39 is 26.2 Å². The minimum absolute atomic E-state index is 0.0235. The number of benzene rings is 3. The van der Waals surface area contributed by atoms with E-state index in [1.807, 2.05) is 30.3 Å². The van der Waals surface area contributed by atoms with Crippen LogP contribution in [0.4, 0.5) is 5.69 Å². The third-order valence-corrected chi connectivity index (χ3v) is 7.29. The summed E-state index contributed by atoms with van der Waals surface area (Å²) in [6.45, 7) is 0. The highest BCUT2D eigenvalue weighted by atomic mass is 32.2. The van der Waals surface area contributed by atoms with E-state index in [0.29, 0.717) is 15.7 Å². The summed E-state index contributed by atoms with van der Waals surface area (Å²) in [5.41, 5.74) is -1.36.